The van der Waals surface area contributed by atoms with E-state index in [1.54, 1.807) is 38.1 Å². The van der Waals surface area contributed by atoms with E-state index in [0.717, 1.165) is 16.7 Å². The first-order chi connectivity index (χ1) is 21.3. The topological polar surface area (TPSA) is 198 Å². The number of carboxylic acid groups (broad SMARTS) is 1. The monoisotopic (exact) mass is 657 g/mol. The molecular weight excluding hydrogens is 632 g/mol. The van der Waals surface area contributed by atoms with Crippen LogP contribution >= 0.6 is 0 Å². The maximum atomic E-state index is 13.4. The van der Waals surface area contributed by atoms with Crippen molar-refractivity contribution in [2.24, 2.45) is 0 Å². The van der Waals surface area contributed by atoms with Crippen LogP contribution in [0.25, 0.3) is 22.6 Å². The molecule has 2 aromatic heterocycles. The number of hydrogen-bond donors (Lipinski definition) is 5. The summed E-state index contributed by atoms with van der Waals surface area (Å²) in [4.78, 5) is 52.6. The standard InChI is InChI=1S/C25H24F3N7O4.C2HF3O2/c1-13(2)32-22-23(37)35(19(11-31-22)16-7-17(25(26,27)28)9-18(29)8-16)12-20(36)30-10-14-3-5-15(6-4-14)21-33-24(38)39-34-21;3-2(4,5)1(6)7/h3-9,11,13H,10,12,29H2,1-2H3,(H,30,36)(H,31,32)(H,33,34,38);(H,6,7). The zero-order valence-electron chi connectivity index (χ0n) is 23.8. The zero-order valence-corrected chi connectivity index (χ0v) is 23.8. The minimum atomic E-state index is -5.08. The number of H-pyrrole nitrogens is 1. The molecule has 4 aromatic rings. The van der Waals surface area contributed by atoms with Crippen molar-refractivity contribution in [3.63, 3.8) is 0 Å². The lowest BCUT2D eigenvalue weighted by Gasteiger charge is -2.17. The van der Waals surface area contributed by atoms with Crippen LogP contribution in [0.1, 0.15) is 25.0 Å². The predicted octanol–water partition coefficient (Wildman–Crippen LogP) is 3.62. The number of amides is 1. The second-order valence-corrected chi connectivity index (χ2v) is 9.74. The summed E-state index contributed by atoms with van der Waals surface area (Å²) in [6, 6.07) is 9.48. The van der Waals surface area contributed by atoms with E-state index >= 15 is 0 Å². The number of nitrogens with one attached hydrogen (secondary N) is 3. The first-order valence-electron chi connectivity index (χ1n) is 12.9. The van der Waals surface area contributed by atoms with Crippen LogP contribution in [-0.2, 0) is 28.9 Å². The van der Waals surface area contributed by atoms with E-state index in [0.29, 0.717) is 11.1 Å². The smallest absolute Gasteiger partial charge is 0.475 e. The number of halogens is 6. The number of aliphatic carboxylic acids is 1. The van der Waals surface area contributed by atoms with Crippen LogP contribution in [0.4, 0.5) is 37.8 Å². The molecule has 0 aliphatic rings. The summed E-state index contributed by atoms with van der Waals surface area (Å²) in [6.07, 6.45) is -8.53. The summed E-state index contributed by atoms with van der Waals surface area (Å²) in [6.45, 7) is 3.17. The van der Waals surface area contributed by atoms with Gasteiger partial charge in [-0.05, 0) is 37.6 Å². The number of nitrogen functional groups attached to an aromatic ring is 1. The van der Waals surface area contributed by atoms with Crippen LogP contribution in [0.3, 0.4) is 0 Å². The third-order valence-electron chi connectivity index (χ3n) is 5.76. The molecule has 0 saturated heterocycles. The summed E-state index contributed by atoms with van der Waals surface area (Å²) >= 11 is 0. The number of nitrogens with zero attached hydrogens (tertiary/aromatic N) is 3. The number of carbonyl (C=O) groups excluding carboxylic acids is 1. The van der Waals surface area contributed by atoms with Crippen LogP contribution < -0.4 is 27.7 Å². The Morgan fingerprint density at radius 1 is 1.04 bits per heavy atom. The van der Waals surface area contributed by atoms with Gasteiger partial charge in [-0.2, -0.15) is 26.3 Å². The van der Waals surface area contributed by atoms with Gasteiger partial charge in [-0.1, -0.05) is 29.4 Å². The van der Waals surface area contributed by atoms with Gasteiger partial charge in [0.15, 0.2) is 11.6 Å². The summed E-state index contributed by atoms with van der Waals surface area (Å²) in [5, 5.41) is 16.3. The summed E-state index contributed by atoms with van der Waals surface area (Å²) in [7, 11) is 0. The SMILES string of the molecule is CC(C)Nc1ncc(-c2cc(N)cc(C(F)(F)F)c2)n(CC(=O)NCc2ccc(-c3noc(=O)[nH]3)cc2)c1=O.O=C(O)C(F)(F)F. The molecule has 0 spiro atoms. The molecule has 0 atom stereocenters. The molecule has 0 aliphatic heterocycles. The Labute approximate surface area is 254 Å². The van der Waals surface area contributed by atoms with Crippen molar-refractivity contribution in [3.8, 4) is 22.6 Å². The summed E-state index contributed by atoms with van der Waals surface area (Å²) in [5.74, 6) is -3.81. The van der Waals surface area contributed by atoms with Crippen molar-refractivity contribution < 1.29 is 45.6 Å². The number of rotatable bonds is 8. The van der Waals surface area contributed by atoms with Gasteiger partial charge in [0.1, 0.15) is 6.54 Å². The molecule has 4 rings (SSSR count). The zero-order chi connectivity index (χ0) is 34.4. The quantitative estimate of drug-likeness (QED) is 0.138. The van der Waals surface area contributed by atoms with Crippen LogP contribution in [-0.4, -0.2) is 48.9 Å². The van der Waals surface area contributed by atoms with E-state index in [4.69, 9.17) is 15.6 Å². The van der Waals surface area contributed by atoms with Gasteiger partial charge in [0.25, 0.3) is 5.56 Å². The molecule has 46 heavy (non-hydrogen) atoms. The first kappa shape index (κ1) is 34.9. The number of benzene rings is 2. The lowest BCUT2D eigenvalue weighted by molar-refractivity contribution is -0.192. The summed E-state index contributed by atoms with van der Waals surface area (Å²) in [5.41, 5.74) is 5.14. The molecule has 19 heteroatoms. The molecule has 0 unspecified atom stereocenters. The molecule has 1 amide bonds. The molecule has 0 saturated carbocycles. The predicted molar refractivity (Wildman–Crippen MR) is 150 cm³/mol. The van der Waals surface area contributed by atoms with Crippen LogP contribution in [0.15, 0.2) is 62.8 Å². The third-order valence-corrected chi connectivity index (χ3v) is 5.76. The van der Waals surface area contributed by atoms with Gasteiger partial charge in [-0.15, -0.1) is 0 Å². The third kappa shape index (κ3) is 9.44. The molecule has 246 valence electrons. The minimum absolute atomic E-state index is 0.00628. The van der Waals surface area contributed by atoms with Crippen molar-refractivity contribution in [1.29, 1.82) is 0 Å². The first-order valence-corrected chi connectivity index (χ1v) is 12.9. The molecule has 13 nitrogen and oxygen atoms in total. The Balaban J connectivity index is 0.000000738. The Bertz CT molecular complexity index is 1810. The molecule has 2 aromatic carbocycles. The highest BCUT2D eigenvalue weighted by molar-refractivity contribution is 5.77. The average Bonchev–Trinajstić information content (AvgIpc) is 3.39. The fourth-order valence-corrected chi connectivity index (χ4v) is 3.75. The lowest BCUT2D eigenvalue weighted by Crippen LogP contribution is -2.35. The van der Waals surface area contributed by atoms with E-state index in [1.165, 1.54) is 12.3 Å². The Morgan fingerprint density at radius 3 is 2.20 bits per heavy atom. The molecule has 6 N–H and O–H groups in total. The number of nitrogens with two attached hydrogens (primary N) is 1. The fraction of sp³-hybridized carbons (Fsp3) is 0.259. The maximum Gasteiger partial charge on any atom is 0.490 e. The molecular formula is C27H25F6N7O6. The minimum Gasteiger partial charge on any atom is -0.475 e. The number of carbonyl (C=O) groups is 2. The van der Waals surface area contributed by atoms with Gasteiger partial charge in [-0.3, -0.25) is 23.7 Å². The van der Waals surface area contributed by atoms with Crippen LogP contribution in [0.2, 0.25) is 0 Å². The lowest BCUT2D eigenvalue weighted by atomic mass is 10.1. The fourth-order valence-electron chi connectivity index (χ4n) is 3.75. The average molecular weight is 658 g/mol. The highest BCUT2D eigenvalue weighted by Gasteiger charge is 2.38. The van der Waals surface area contributed by atoms with Crippen molar-refractivity contribution in [2.45, 2.75) is 45.3 Å². The number of hydrogen-bond acceptors (Lipinski definition) is 9. The van der Waals surface area contributed by atoms with Gasteiger partial charge >= 0.3 is 24.1 Å². The number of anilines is 2. The summed E-state index contributed by atoms with van der Waals surface area (Å²) < 4.78 is 77.5. The van der Waals surface area contributed by atoms with Crippen molar-refractivity contribution in [3.05, 3.63) is 80.7 Å². The van der Waals surface area contributed by atoms with Crippen molar-refractivity contribution in [1.82, 2.24) is 25.0 Å². The van der Waals surface area contributed by atoms with E-state index in [2.05, 4.69) is 30.3 Å². The van der Waals surface area contributed by atoms with Crippen molar-refractivity contribution >= 4 is 23.4 Å². The Morgan fingerprint density at radius 2 is 1.67 bits per heavy atom. The largest absolute Gasteiger partial charge is 0.490 e. The molecule has 0 fully saturated rings. The van der Waals surface area contributed by atoms with E-state index in [9.17, 15) is 40.7 Å². The number of alkyl halides is 6. The molecule has 0 radical (unpaired) electrons. The molecule has 0 bridgehead atoms. The van der Waals surface area contributed by atoms with Crippen molar-refractivity contribution in [2.75, 3.05) is 11.1 Å². The maximum absolute atomic E-state index is 13.4. The number of aromatic amines is 1. The second kappa shape index (κ2) is 14.0. The Kier molecular flexibility index (Phi) is 10.6. The van der Waals surface area contributed by atoms with Gasteiger partial charge in [-0.25, -0.2) is 14.6 Å². The van der Waals surface area contributed by atoms with Gasteiger partial charge < -0.3 is 21.5 Å². The van der Waals surface area contributed by atoms with Crippen LogP contribution in [0, 0.1) is 0 Å². The molecule has 2 heterocycles. The van der Waals surface area contributed by atoms with Gasteiger partial charge in [0, 0.05) is 29.4 Å². The number of carboxylic acids is 1. The van der Waals surface area contributed by atoms with Gasteiger partial charge in [0.05, 0.1) is 17.5 Å². The molecule has 0 aliphatic carbocycles. The van der Waals surface area contributed by atoms with E-state index in [-0.39, 0.29) is 41.2 Å². The van der Waals surface area contributed by atoms with E-state index < -0.39 is 47.7 Å². The Hall–Kier alpha value is -5.62. The number of aromatic nitrogens is 4. The van der Waals surface area contributed by atoms with Gasteiger partial charge in [0.2, 0.25) is 5.91 Å². The van der Waals surface area contributed by atoms with E-state index in [1.807, 2.05) is 0 Å². The highest BCUT2D eigenvalue weighted by atomic mass is 19.4. The van der Waals surface area contributed by atoms with Crippen LogP contribution in [0.5, 0.6) is 0 Å². The second-order valence-electron chi connectivity index (χ2n) is 9.74. The highest BCUT2D eigenvalue weighted by Crippen LogP contribution is 2.34. The normalized spacial score (nSPS) is 11.5.